The van der Waals surface area contributed by atoms with Crippen LogP contribution in [-0.2, 0) is 0 Å². The molecule has 0 saturated heterocycles. The Morgan fingerprint density at radius 3 is 1.10 bits per heavy atom. The van der Waals surface area contributed by atoms with E-state index in [1.54, 1.807) is 0 Å². The SMILES string of the molecule is C1CC1.CC.CCCCC. The van der Waals surface area contributed by atoms with Crippen molar-refractivity contribution in [2.24, 2.45) is 0 Å². The summed E-state index contributed by atoms with van der Waals surface area (Å²) < 4.78 is 0. The lowest BCUT2D eigenvalue weighted by Crippen LogP contribution is -1.59. The second-order valence-corrected chi connectivity index (χ2v) is 2.41. The first-order valence-corrected chi connectivity index (χ1v) is 4.91. The van der Waals surface area contributed by atoms with E-state index in [0.29, 0.717) is 0 Å². The fourth-order valence-electron chi connectivity index (χ4n) is 0.354. The van der Waals surface area contributed by atoms with Gasteiger partial charge in [0.1, 0.15) is 0 Å². The third kappa shape index (κ3) is 43.6. The summed E-state index contributed by atoms with van der Waals surface area (Å²) in [6.07, 6.45) is 8.58. The van der Waals surface area contributed by atoms with Crippen molar-refractivity contribution in [3.63, 3.8) is 0 Å². The Bertz CT molecular complexity index is 24.3. The van der Waals surface area contributed by atoms with Crippen molar-refractivity contribution < 1.29 is 0 Å². The molecule has 1 fully saturated rings. The van der Waals surface area contributed by atoms with E-state index in [9.17, 15) is 0 Å². The fourth-order valence-corrected chi connectivity index (χ4v) is 0.354. The van der Waals surface area contributed by atoms with Crippen LogP contribution < -0.4 is 0 Å². The summed E-state index contributed by atoms with van der Waals surface area (Å²) in [5.41, 5.74) is 0. The highest BCUT2D eigenvalue weighted by Crippen LogP contribution is 2.14. The number of unbranched alkanes of at least 4 members (excludes halogenated alkanes) is 2. The van der Waals surface area contributed by atoms with Crippen molar-refractivity contribution in [2.75, 3.05) is 0 Å². The van der Waals surface area contributed by atoms with Crippen molar-refractivity contribution >= 4 is 0 Å². The number of hydrogen-bond donors (Lipinski definition) is 0. The van der Waals surface area contributed by atoms with Gasteiger partial charge in [-0.1, -0.05) is 66.2 Å². The average Bonchev–Trinajstić information content (AvgIpc) is 2.79. The van der Waals surface area contributed by atoms with E-state index in [-0.39, 0.29) is 0 Å². The number of rotatable bonds is 2. The van der Waals surface area contributed by atoms with Crippen LogP contribution in [0.2, 0.25) is 0 Å². The number of hydrogen-bond acceptors (Lipinski definition) is 0. The molecule has 0 nitrogen and oxygen atoms in total. The van der Waals surface area contributed by atoms with Crippen molar-refractivity contribution in [1.29, 1.82) is 0 Å². The molecule has 64 valence electrons. The van der Waals surface area contributed by atoms with Crippen molar-refractivity contribution in [2.45, 2.75) is 66.2 Å². The smallest absolute Gasteiger partial charge is 0.0533 e. The Kier molecular flexibility index (Phi) is 20.2. The molecule has 0 atom stereocenters. The lowest BCUT2D eigenvalue weighted by Gasteiger charge is -1.79. The van der Waals surface area contributed by atoms with Crippen molar-refractivity contribution in [3.05, 3.63) is 0 Å². The highest BCUT2D eigenvalue weighted by molar-refractivity contribution is 4.50. The van der Waals surface area contributed by atoms with Crippen LogP contribution in [0.5, 0.6) is 0 Å². The molecule has 0 radical (unpaired) electrons. The van der Waals surface area contributed by atoms with Crippen LogP contribution in [0.4, 0.5) is 0 Å². The molecule has 0 amide bonds. The molecule has 1 aliphatic carbocycles. The molecular formula is C10H24. The molecule has 0 aromatic rings. The van der Waals surface area contributed by atoms with Gasteiger partial charge < -0.3 is 0 Å². The minimum absolute atomic E-state index is 1.34. The van der Waals surface area contributed by atoms with Crippen molar-refractivity contribution in [1.82, 2.24) is 0 Å². The van der Waals surface area contributed by atoms with Crippen LogP contribution in [0.15, 0.2) is 0 Å². The van der Waals surface area contributed by atoms with Crippen LogP contribution in [0.3, 0.4) is 0 Å². The first-order valence-electron chi connectivity index (χ1n) is 4.91. The van der Waals surface area contributed by atoms with Gasteiger partial charge in [-0.15, -0.1) is 0 Å². The fraction of sp³-hybridized carbons (Fsp3) is 1.00. The van der Waals surface area contributed by atoms with Crippen molar-refractivity contribution in [3.8, 4) is 0 Å². The van der Waals surface area contributed by atoms with E-state index in [1.807, 2.05) is 13.8 Å². The molecule has 0 N–H and O–H groups in total. The van der Waals surface area contributed by atoms with Gasteiger partial charge in [0.15, 0.2) is 0 Å². The average molecular weight is 144 g/mol. The molecule has 1 rings (SSSR count). The van der Waals surface area contributed by atoms with Gasteiger partial charge in [-0.05, 0) is 0 Å². The van der Waals surface area contributed by atoms with Gasteiger partial charge in [-0.25, -0.2) is 0 Å². The van der Waals surface area contributed by atoms with Gasteiger partial charge in [0.2, 0.25) is 0 Å². The zero-order valence-corrected chi connectivity index (χ0v) is 8.24. The second-order valence-electron chi connectivity index (χ2n) is 2.41. The summed E-state index contributed by atoms with van der Waals surface area (Å²) >= 11 is 0. The molecule has 0 heteroatoms. The van der Waals surface area contributed by atoms with Crippen LogP contribution in [0, 0.1) is 0 Å². The highest BCUT2D eigenvalue weighted by Gasteiger charge is 1.95. The van der Waals surface area contributed by atoms with E-state index >= 15 is 0 Å². The van der Waals surface area contributed by atoms with Gasteiger partial charge in [0.25, 0.3) is 0 Å². The van der Waals surface area contributed by atoms with E-state index < -0.39 is 0 Å². The van der Waals surface area contributed by atoms with E-state index in [0.717, 1.165) is 0 Å². The summed E-state index contributed by atoms with van der Waals surface area (Å²) in [4.78, 5) is 0. The molecule has 0 heterocycles. The highest BCUT2D eigenvalue weighted by atomic mass is 14.0. The standard InChI is InChI=1S/C5H12.C3H6.C2H6/c1-3-5-4-2;1-2-3-1;1-2/h3-5H2,1-2H3;1-3H2;1-2H3. The Morgan fingerprint density at radius 2 is 1.10 bits per heavy atom. The topological polar surface area (TPSA) is 0 Å². The first-order chi connectivity index (χ1) is 4.91. The maximum absolute atomic E-state index is 2.21. The Morgan fingerprint density at radius 1 is 0.800 bits per heavy atom. The zero-order chi connectivity index (χ0) is 8.24. The zero-order valence-electron chi connectivity index (χ0n) is 8.24. The molecule has 0 aromatic carbocycles. The summed E-state index contributed by atoms with van der Waals surface area (Å²) in [7, 11) is 0. The quantitative estimate of drug-likeness (QED) is 0.539. The Labute approximate surface area is 67.0 Å². The summed E-state index contributed by atoms with van der Waals surface area (Å²) in [6, 6.07) is 0. The van der Waals surface area contributed by atoms with Gasteiger partial charge in [-0.2, -0.15) is 0 Å². The van der Waals surface area contributed by atoms with Gasteiger partial charge in [-0.3, -0.25) is 0 Å². The molecule has 0 unspecified atom stereocenters. The molecule has 1 aliphatic rings. The van der Waals surface area contributed by atoms with E-state index in [1.165, 1.54) is 38.5 Å². The molecule has 0 aliphatic heterocycles. The second kappa shape index (κ2) is 16.0. The van der Waals surface area contributed by atoms with Gasteiger partial charge >= 0.3 is 0 Å². The van der Waals surface area contributed by atoms with Gasteiger partial charge in [0.05, 0.1) is 0 Å². The molecule has 0 aromatic heterocycles. The third-order valence-electron chi connectivity index (χ3n) is 1.06. The predicted octanol–water partition coefficient (Wildman–Crippen LogP) is 4.39. The van der Waals surface area contributed by atoms with Crippen LogP contribution in [0.1, 0.15) is 66.2 Å². The minimum Gasteiger partial charge on any atom is -0.0683 e. The molecule has 1 saturated carbocycles. The lowest BCUT2D eigenvalue weighted by atomic mass is 10.3. The van der Waals surface area contributed by atoms with E-state index in [4.69, 9.17) is 0 Å². The van der Waals surface area contributed by atoms with Crippen LogP contribution in [0.25, 0.3) is 0 Å². The summed E-state index contributed by atoms with van der Waals surface area (Å²) in [5.74, 6) is 0. The minimum atomic E-state index is 1.34. The third-order valence-corrected chi connectivity index (χ3v) is 1.06. The van der Waals surface area contributed by atoms with Crippen LogP contribution in [-0.4, -0.2) is 0 Å². The van der Waals surface area contributed by atoms with E-state index in [2.05, 4.69) is 13.8 Å². The first kappa shape index (κ1) is 12.7. The largest absolute Gasteiger partial charge is 0.0683 e. The monoisotopic (exact) mass is 144 g/mol. The van der Waals surface area contributed by atoms with Gasteiger partial charge in [0, 0.05) is 0 Å². The molecular weight excluding hydrogens is 120 g/mol. The molecule has 0 spiro atoms. The normalized spacial score (nSPS) is 12.0. The van der Waals surface area contributed by atoms with Crippen LogP contribution >= 0.6 is 0 Å². The maximum atomic E-state index is 2.21. The Hall–Kier alpha value is 0. The Balaban J connectivity index is 0. The summed E-state index contributed by atoms with van der Waals surface area (Å²) in [6.45, 7) is 8.42. The predicted molar refractivity (Wildman–Crippen MR) is 50.4 cm³/mol. The maximum Gasteiger partial charge on any atom is -0.0533 e. The lowest BCUT2D eigenvalue weighted by molar-refractivity contribution is 0.772. The molecule has 10 heavy (non-hydrogen) atoms. The molecule has 0 bridgehead atoms. The summed E-state index contributed by atoms with van der Waals surface area (Å²) in [5, 5.41) is 0.